The lowest BCUT2D eigenvalue weighted by Gasteiger charge is -2.10. The molecule has 144 valence electrons. The number of carbonyl (C=O) groups is 2. The third-order valence-corrected chi connectivity index (χ3v) is 4.74. The van der Waals surface area contributed by atoms with Gasteiger partial charge in [0.25, 0.3) is 5.91 Å². The first-order valence-electron chi connectivity index (χ1n) is 8.76. The number of fused-ring (bicyclic) bond motifs is 1. The van der Waals surface area contributed by atoms with Gasteiger partial charge < -0.3 is 15.4 Å². The maximum Gasteiger partial charge on any atom is 0.270 e. The first-order valence-corrected chi connectivity index (χ1v) is 9.55. The third kappa shape index (κ3) is 4.67. The maximum absolute atomic E-state index is 12.4. The summed E-state index contributed by atoms with van der Waals surface area (Å²) in [5, 5.41) is 7.28. The molecular weight excluding hydrogens is 422 g/mol. The first-order chi connectivity index (χ1) is 13.5. The lowest BCUT2D eigenvalue weighted by molar-refractivity contribution is -0.116. The molecule has 3 aromatic rings. The van der Waals surface area contributed by atoms with Gasteiger partial charge in [0.2, 0.25) is 11.8 Å². The molecule has 0 spiro atoms. The van der Waals surface area contributed by atoms with E-state index in [1.165, 1.54) is 7.11 Å². The van der Waals surface area contributed by atoms with Gasteiger partial charge in [-0.3, -0.25) is 9.59 Å². The average molecular weight is 442 g/mol. The van der Waals surface area contributed by atoms with Crippen molar-refractivity contribution in [2.45, 2.75) is 13.3 Å². The second-order valence-corrected chi connectivity index (χ2v) is 7.17. The predicted molar refractivity (Wildman–Crippen MR) is 113 cm³/mol. The molecule has 0 atom stereocenters. The van der Waals surface area contributed by atoms with Crippen LogP contribution in [0.5, 0.6) is 5.88 Å². The number of halogens is 1. The summed E-state index contributed by atoms with van der Waals surface area (Å²) in [4.78, 5) is 28.9. The molecule has 0 aliphatic carbocycles. The van der Waals surface area contributed by atoms with Gasteiger partial charge >= 0.3 is 0 Å². The Morgan fingerprint density at radius 3 is 2.71 bits per heavy atom. The fraction of sp³-hybridized carbons (Fsp3) is 0.190. The van der Waals surface area contributed by atoms with Gasteiger partial charge in [-0.25, -0.2) is 4.98 Å². The number of benzene rings is 2. The van der Waals surface area contributed by atoms with E-state index in [0.29, 0.717) is 5.88 Å². The molecule has 2 amide bonds. The Morgan fingerprint density at radius 1 is 1.14 bits per heavy atom. The highest BCUT2D eigenvalue weighted by atomic mass is 79.9. The summed E-state index contributed by atoms with van der Waals surface area (Å²) in [6, 6.07) is 14.9. The second kappa shape index (κ2) is 8.84. The highest BCUT2D eigenvalue weighted by Gasteiger charge is 2.13. The van der Waals surface area contributed by atoms with Gasteiger partial charge in [0.1, 0.15) is 5.69 Å². The van der Waals surface area contributed by atoms with Gasteiger partial charge in [-0.15, -0.1) is 0 Å². The summed E-state index contributed by atoms with van der Waals surface area (Å²) in [6.07, 6.45) is 0.155. The molecule has 1 heterocycles. The second-order valence-electron chi connectivity index (χ2n) is 6.25. The molecule has 1 aromatic heterocycles. The quantitative estimate of drug-likeness (QED) is 0.603. The fourth-order valence-electron chi connectivity index (χ4n) is 2.76. The molecule has 2 N–H and O–H groups in total. The van der Waals surface area contributed by atoms with Crippen molar-refractivity contribution in [1.82, 2.24) is 10.3 Å². The van der Waals surface area contributed by atoms with Crippen LogP contribution in [0.25, 0.3) is 10.8 Å². The summed E-state index contributed by atoms with van der Waals surface area (Å²) < 4.78 is 6.18. The molecular formula is C21H20BrN3O3. The minimum Gasteiger partial charge on any atom is -0.481 e. The highest BCUT2D eigenvalue weighted by Crippen LogP contribution is 2.24. The number of hydrogen-bond donors (Lipinski definition) is 2. The summed E-state index contributed by atoms with van der Waals surface area (Å²) in [7, 11) is 1.52. The van der Waals surface area contributed by atoms with Crippen molar-refractivity contribution >= 4 is 44.2 Å². The Morgan fingerprint density at radius 2 is 1.93 bits per heavy atom. The lowest BCUT2D eigenvalue weighted by Crippen LogP contribution is -2.28. The number of carbonyl (C=O) groups excluding carboxylic acids is 2. The Balaban J connectivity index is 1.60. The Hall–Kier alpha value is -2.93. The van der Waals surface area contributed by atoms with Crippen molar-refractivity contribution < 1.29 is 14.3 Å². The zero-order valence-corrected chi connectivity index (χ0v) is 17.2. The molecule has 0 unspecified atom stereocenters. The summed E-state index contributed by atoms with van der Waals surface area (Å²) in [5.41, 5.74) is 1.96. The Kier molecular flexibility index (Phi) is 6.26. The average Bonchev–Trinajstić information content (AvgIpc) is 2.69. The Bertz CT molecular complexity index is 1040. The number of nitrogens with one attached hydrogen (secondary N) is 2. The molecule has 0 radical (unpaired) electrons. The van der Waals surface area contributed by atoms with Crippen molar-refractivity contribution in [2.75, 3.05) is 19.0 Å². The van der Waals surface area contributed by atoms with Crippen LogP contribution in [-0.2, 0) is 4.79 Å². The van der Waals surface area contributed by atoms with Gasteiger partial charge in [-0.1, -0.05) is 40.2 Å². The van der Waals surface area contributed by atoms with Crippen LogP contribution in [0.3, 0.4) is 0 Å². The van der Waals surface area contributed by atoms with Crippen LogP contribution < -0.4 is 15.4 Å². The van der Waals surface area contributed by atoms with E-state index < -0.39 is 0 Å². The standard InChI is InChI=1S/C21H20BrN3O3/c1-13-7-8-15(22)12-17(13)24-19(26)9-10-23-20(27)18-11-14-5-3-4-6-16(14)21(25-18)28-2/h3-8,11-12H,9-10H2,1-2H3,(H,23,27)(H,24,26). The maximum atomic E-state index is 12.4. The molecule has 2 aromatic carbocycles. The molecule has 0 aliphatic rings. The monoisotopic (exact) mass is 441 g/mol. The molecule has 0 saturated heterocycles. The van der Waals surface area contributed by atoms with E-state index in [9.17, 15) is 9.59 Å². The molecule has 0 aliphatic heterocycles. The first kappa shape index (κ1) is 19.8. The summed E-state index contributed by atoms with van der Waals surface area (Å²) in [5.74, 6) is -0.132. The predicted octanol–water partition coefficient (Wildman–Crippen LogP) is 4.07. The number of aromatic nitrogens is 1. The van der Waals surface area contributed by atoms with Crippen molar-refractivity contribution in [1.29, 1.82) is 0 Å². The van der Waals surface area contributed by atoms with Crippen LogP contribution in [0.1, 0.15) is 22.5 Å². The smallest absolute Gasteiger partial charge is 0.270 e. The number of ether oxygens (including phenoxy) is 1. The molecule has 28 heavy (non-hydrogen) atoms. The highest BCUT2D eigenvalue weighted by molar-refractivity contribution is 9.10. The zero-order chi connectivity index (χ0) is 20.1. The van der Waals surface area contributed by atoms with E-state index in [1.54, 1.807) is 6.07 Å². The normalized spacial score (nSPS) is 10.5. The van der Waals surface area contributed by atoms with E-state index in [-0.39, 0.29) is 30.5 Å². The van der Waals surface area contributed by atoms with E-state index in [4.69, 9.17) is 4.74 Å². The van der Waals surface area contributed by atoms with E-state index in [2.05, 4.69) is 31.5 Å². The zero-order valence-electron chi connectivity index (χ0n) is 15.6. The van der Waals surface area contributed by atoms with Crippen LogP contribution in [0.2, 0.25) is 0 Å². The molecule has 7 heteroatoms. The number of amides is 2. The van der Waals surface area contributed by atoms with E-state index in [1.807, 2.05) is 49.4 Å². The molecule has 0 bridgehead atoms. The number of anilines is 1. The van der Waals surface area contributed by atoms with E-state index in [0.717, 1.165) is 26.5 Å². The summed E-state index contributed by atoms with van der Waals surface area (Å²) in [6.45, 7) is 2.12. The van der Waals surface area contributed by atoms with Crippen LogP contribution in [0, 0.1) is 6.92 Å². The van der Waals surface area contributed by atoms with Gasteiger partial charge in [0.15, 0.2) is 0 Å². The number of pyridine rings is 1. The lowest BCUT2D eigenvalue weighted by atomic mass is 10.1. The minimum absolute atomic E-state index is 0.155. The minimum atomic E-state index is -0.351. The van der Waals surface area contributed by atoms with Crippen LogP contribution >= 0.6 is 15.9 Å². The SMILES string of the molecule is COc1nc(C(=O)NCCC(=O)Nc2cc(Br)ccc2C)cc2ccccc12. The number of methoxy groups -OCH3 is 1. The number of nitrogens with zero attached hydrogens (tertiary/aromatic N) is 1. The van der Waals surface area contributed by atoms with Crippen LogP contribution in [-0.4, -0.2) is 30.5 Å². The molecule has 0 fully saturated rings. The topological polar surface area (TPSA) is 80.3 Å². The van der Waals surface area contributed by atoms with Crippen molar-refractivity contribution in [3.8, 4) is 5.88 Å². The van der Waals surface area contributed by atoms with Gasteiger partial charge in [-0.05, 0) is 42.1 Å². The molecule has 0 saturated carbocycles. The molecule has 3 rings (SSSR count). The van der Waals surface area contributed by atoms with Crippen LogP contribution in [0.4, 0.5) is 5.69 Å². The summed E-state index contributed by atoms with van der Waals surface area (Å²) >= 11 is 3.39. The molecule has 6 nitrogen and oxygen atoms in total. The number of hydrogen-bond acceptors (Lipinski definition) is 4. The Labute approximate surface area is 171 Å². The van der Waals surface area contributed by atoms with Crippen molar-refractivity contribution in [3.05, 3.63) is 64.3 Å². The van der Waals surface area contributed by atoms with Crippen molar-refractivity contribution in [3.63, 3.8) is 0 Å². The van der Waals surface area contributed by atoms with Gasteiger partial charge in [-0.2, -0.15) is 0 Å². The fourth-order valence-corrected chi connectivity index (χ4v) is 3.12. The largest absolute Gasteiger partial charge is 0.481 e. The third-order valence-electron chi connectivity index (χ3n) is 4.24. The number of rotatable bonds is 6. The van der Waals surface area contributed by atoms with Crippen LogP contribution in [0.15, 0.2) is 53.0 Å². The van der Waals surface area contributed by atoms with Gasteiger partial charge in [0, 0.05) is 28.5 Å². The van der Waals surface area contributed by atoms with E-state index >= 15 is 0 Å². The van der Waals surface area contributed by atoms with Crippen molar-refractivity contribution in [2.24, 2.45) is 0 Å². The number of aryl methyl sites for hydroxylation is 1. The van der Waals surface area contributed by atoms with Gasteiger partial charge in [0.05, 0.1) is 7.11 Å².